The number of nitrogens with one attached hydrogen (secondary N) is 1. The van der Waals surface area contributed by atoms with Crippen LogP contribution in [0.15, 0.2) is 53.5 Å². The fourth-order valence-electron chi connectivity index (χ4n) is 4.48. The second-order valence-corrected chi connectivity index (χ2v) is 8.21. The third kappa shape index (κ3) is 5.74. The SMILES string of the molecule is CCNC(=NCC(=O)N1CCc2ccccc2C1)N1CCC(c2ccc(OC)cc2)C1.I. The van der Waals surface area contributed by atoms with Crippen molar-refractivity contribution >= 4 is 35.8 Å². The normalized spacial score (nSPS) is 18.1. The fourth-order valence-corrected chi connectivity index (χ4v) is 4.48. The molecule has 1 unspecified atom stereocenters. The molecule has 1 N–H and O–H groups in total. The maximum Gasteiger partial charge on any atom is 0.244 e. The summed E-state index contributed by atoms with van der Waals surface area (Å²) in [5, 5.41) is 3.37. The number of guanidine groups is 1. The molecule has 1 atom stereocenters. The van der Waals surface area contributed by atoms with Crippen molar-refractivity contribution in [2.24, 2.45) is 4.99 Å². The van der Waals surface area contributed by atoms with Crippen LogP contribution in [0.1, 0.15) is 36.0 Å². The Morgan fingerprint density at radius 2 is 1.84 bits per heavy atom. The Kier molecular flexibility index (Phi) is 8.78. The highest BCUT2D eigenvalue weighted by atomic mass is 127. The number of ether oxygens (including phenoxy) is 1. The molecule has 1 saturated heterocycles. The Morgan fingerprint density at radius 3 is 2.56 bits per heavy atom. The first-order valence-electron chi connectivity index (χ1n) is 11.2. The van der Waals surface area contributed by atoms with Crippen LogP contribution >= 0.6 is 24.0 Å². The van der Waals surface area contributed by atoms with Gasteiger partial charge in [-0.25, -0.2) is 4.99 Å². The minimum atomic E-state index is 0. The maximum absolute atomic E-state index is 12.8. The molecular formula is C25H33IN4O2. The molecule has 0 aromatic heterocycles. The maximum atomic E-state index is 12.8. The van der Waals surface area contributed by atoms with E-state index in [1.54, 1.807) is 7.11 Å². The number of carbonyl (C=O) groups is 1. The van der Waals surface area contributed by atoms with Crippen LogP contribution in [-0.2, 0) is 17.8 Å². The lowest BCUT2D eigenvalue weighted by atomic mass is 9.98. The average molecular weight is 548 g/mol. The second-order valence-electron chi connectivity index (χ2n) is 8.21. The van der Waals surface area contributed by atoms with Crippen LogP contribution in [0.4, 0.5) is 0 Å². The van der Waals surface area contributed by atoms with Gasteiger partial charge in [-0.3, -0.25) is 4.79 Å². The Labute approximate surface area is 208 Å². The summed E-state index contributed by atoms with van der Waals surface area (Å²) in [4.78, 5) is 21.7. The van der Waals surface area contributed by atoms with Gasteiger partial charge in [0, 0.05) is 38.6 Å². The third-order valence-electron chi connectivity index (χ3n) is 6.26. The largest absolute Gasteiger partial charge is 0.497 e. The standard InChI is InChI=1S/C25H32N4O2.HI/c1-3-26-25(29-15-13-22(18-29)20-8-10-23(31-2)11-9-20)27-16-24(30)28-14-12-19-6-4-5-7-21(19)17-28;/h4-11,22H,3,12-18H2,1-2H3,(H,26,27);1H. The van der Waals surface area contributed by atoms with Crippen LogP contribution in [0.3, 0.4) is 0 Å². The van der Waals surface area contributed by atoms with E-state index in [4.69, 9.17) is 9.73 Å². The molecule has 2 aromatic rings. The van der Waals surface area contributed by atoms with Gasteiger partial charge in [0.2, 0.25) is 5.91 Å². The predicted octanol–water partition coefficient (Wildman–Crippen LogP) is 3.65. The number of likely N-dealkylation sites (tertiary alicyclic amines) is 1. The Morgan fingerprint density at radius 1 is 1.09 bits per heavy atom. The van der Waals surface area contributed by atoms with E-state index in [1.165, 1.54) is 16.7 Å². The molecule has 0 bridgehead atoms. The Bertz CT molecular complexity index is 932. The number of hydrogen-bond acceptors (Lipinski definition) is 3. The summed E-state index contributed by atoms with van der Waals surface area (Å²) < 4.78 is 5.27. The number of carbonyl (C=O) groups excluding carboxylic acids is 1. The summed E-state index contributed by atoms with van der Waals surface area (Å²) in [5.41, 5.74) is 3.92. The molecule has 2 heterocycles. The predicted molar refractivity (Wildman–Crippen MR) is 139 cm³/mol. The third-order valence-corrected chi connectivity index (χ3v) is 6.26. The van der Waals surface area contributed by atoms with Crippen molar-refractivity contribution in [1.29, 1.82) is 0 Å². The molecule has 6 nitrogen and oxygen atoms in total. The van der Waals surface area contributed by atoms with Crippen molar-refractivity contribution in [3.05, 3.63) is 65.2 Å². The fraction of sp³-hybridized carbons (Fsp3) is 0.440. The van der Waals surface area contributed by atoms with E-state index in [9.17, 15) is 4.79 Å². The van der Waals surface area contributed by atoms with Gasteiger partial charge in [0.15, 0.2) is 5.96 Å². The minimum Gasteiger partial charge on any atom is -0.497 e. The number of methoxy groups -OCH3 is 1. The Balaban J connectivity index is 0.00000289. The first kappa shape index (κ1) is 24.4. The van der Waals surface area contributed by atoms with Crippen molar-refractivity contribution in [3.8, 4) is 5.75 Å². The minimum absolute atomic E-state index is 0. The summed E-state index contributed by atoms with van der Waals surface area (Å²) in [6, 6.07) is 16.7. The molecule has 2 aromatic carbocycles. The van der Waals surface area contributed by atoms with Gasteiger partial charge in [-0.2, -0.15) is 0 Å². The van der Waals surface area contributed by atoms with Crippen molar-refractivity contribution in [3.63, 3.8) is 0 Å². The zero-order chi connectivity index (χ0) is 21.6. The van der Waals surface area contributed by atoms with Crippen molar-refractivity contribution < 1.29 is 9.53 Å². The van der Waals surface area contributed by atoms with Crippen molar-refractivity contribution in [1.82, 2.24) is 15.1 Å². The first-order chi connectivity index (χ1) is 15.2. The van der Waals surface area contributed by atoms with E-state index < -0.39 is 0 Å². The number of aliphatic imine (C=N–C) groups is 1. The lowest BCUT2D eigenvalue weighted by Crippen LogP contribution is -2.42. The van der Waals surface area contributed by atoms with E-state index >= 15 is 0 Å². The van der Waals surface area contributed by atoms with E-state index in [0.717, 1.165) is 50.7 Å². The van der Waals surface area contributed by atoms with E-state index in [1.807, 2.05) is 23.1 Å². The van der Waals surface area contributed by atoms with Gasteiger partial charge in [-0.15, -0.1) is 24.0 Å². The molecule has 172 valence electrons. The molecule has 0 spiro atoms. The highest BCUT2D eigenvalue weighted by molar-refractivity contribution is 14.0. The molecule has 2 aliphatic rings. The lowest BCUT2D eigenvalue weighted by Gasteiger charge is -2.28. The van der Waals surface area contributed by atoms with Gasteiger partial charge in [-0.1, -0.05) is 36.4 Å². The van der Waals surface area contributed by atoms with Gasteiger partial charge in [0.05, 0.1) is 7.11 Å². The number of benzene rings is 2. The lowest BCUT2D eigenvalue weighted by molar-refractivity contribution is -0.130. The van der Waals surface area contributed by atoms with Gasteiger partial charge in [0.25, 0.3) is 0 Å². The van der Waals surface area contributed by atoms with Crippen LogP contribution in [0.25, 0.3) is 0 Å². The number of halogens is 1. The number of nitrogens with zero attached hydrogens (tertiary/aromatic N) is 3. The van der Waals surface area contributed by atoms with Gasteiger partial charge >= 0.3 is 0 Å². The van der Waals surface area contributed by atoms with Crippen LogP contribution in [0.5, 0.6) is 5.75 Å². The molecule has 32 heavy (non-hydrogen) atoms. The van der Waals surface area contributed by atoms with Crippen LogP contribution < -0.4 is 10.1 Å². The van der Waals surface area contributed by atoms with E-state index in [0.29, 0.717) is 12.5 Å². The average Bonchev–Trinajstić information content (AvgIpc) is 3.31. The van der Waals surface area contributed by atoms with E-state index in [-0.39, 0.29) is 36.4 Å². The summed E-state index contributed by atoms with van der Waals surface area (Å²) in [6.45, 7) is 6.34. The zero-order valence-electron chi connectivity index (χ0n) is 18.9. The van der Waals surface area contributed by atoms with Crippen molar-refractivity contribution in [2.75, 3.05) is 39.8 Å². The molecule has 0 saturated carbocycles. The van der Waals surface area contributed by atoms with Gasteiger partial charge < -0.3 is 19.9 Å². The Hall–Kier alpha value is -2.29. The summed E-state index contributed by atoms with van der Waals surface area (Å²) >= 11 is 0. The summed E-state index contributed by atoms with van der Waals surface area (Å²) in [7, 11) is 1.69. The van der Waals surface area contributed by atoms with Crippen LogP contribution in [0, 0.1) is 0 Å². The number of amides is 1. The molecule has 1 fully saturated rings. The first-order valence-corrected chi connectivity index (χ1v) is 11.2. The van der Waals surface area contributed by atoms with E-state index in [2.05, 4.69) is 47.5 Å². The summed E-state index contributed by atoms with van der Waals surface area (Å²) in [5.74, 6) is 2.27. The topological polar surface area (TPSA) is 57.2 Å². The molecule has 0 aliphatic carbocycles. The number of hydrogen-bond donors (Lipinski definition) is 1. The number of fused-ring (bicyclic) bond motifs is 1. The molecule has 7 heteroatoms. The molecule has 4 rings (SSSR count). The molecule has 2 aliphatic heterocycles. The second kappa shape index (κ2) is 11.5. The highest BCUT2D eigenvalue weighted by Gasteiger charge is 2.27. The quantitative estimate of drug-likeness (QED) is 0.352. The van der Waals surface area contributed by atoms with Gasteiger partial charge in [0.1, 0.15) is 12.3 Å². The smallest absolute Gasteiger partial charge is 0.244 e. The molecule has 0 radical (unpaired) electrons. The van der Waals surface area contributed by atoms with Crippen molar-refractivity contribution in [2.45, 2.75) is 32.2 Å². The summed E-state index contributed by atoms with van der Waals surface area (Å²) in [6.07, 6.45) is 1.99. The van der Waals surface area contributed by atoms with Gasteiger partial charge in [-0.05, 0) is 48.6 Å². The monoisotopic (exact) mass is 548 g/mol. The molecular weight excluding hydrogens is 515 g/mol. The van der Waals surface area contributed by atoms with Crippen LogP contribution in [-0.4, -0.2) is 61.5 Å². The highest BCUT2D eigenvalue weighted by Crippen LogP contribution is 2.28. The zero-order valence-corrected chi connectivity index (χ0v) is 21.2. The molecule has 1 amide bonds. The number of rotatable bonds is 5. The van der Waals surface area contributed by atoms with Crippen LogP contribution in [0.2, 0.25) is 0 Å².